The first-order valence-electron chi connectivity index (χ1n) is 6.66. The molecule has 0 bridgehead atoms. The number of benzene rings is 1. The Hall–Kier alpha value is -1.35. The number of carbonyl (C=O) groups is 1. The van der Waals surface area contributed by atoms with Gasteiger partial charge in [-0.05, 0) is 36.5 Å². The molecular weight excluding hydrogens is 226 g/mol. The minimum Gasteiger partial charge on any atom is -0.465 e. The topological polar surface area (TPSA) is 52.3 Å². The van der Waals surface area contributed by atoms with Gasteiger partial charge in [0.15, 0.2) is 0 Å². The highest BCUT2D eigenvalue weighted by Gasteiger charge is 2.21. The molecule has 1 atom stereocenters. The van der Waals surface area contributed by atoms with E-state index in [0.29, 0.717) is 11.5 Å². The first kappa shape index (κ1) is 13.1. The van der Waals surface area contributed by atoms with Crippen LogP contribution in [0.15, 0.2) is 24.3 Å². The Morgan fingerprint density at radius 2 is 1.83 bits per heavy atom. The number of hydrogen-bond acceptors (Lipinski definition) is 3. The predicted octanol–water partition coefficient (Wildman–Crippen LogP) is 3.05. The SMILES string of the molecule is COC(=O)c1ccc([C@@H](N)C2CCCCC2)cc1. The minimum atomic E-state index is -0.298. The molecular formula is C15H21NO2. The van der Waals surface area contributed by atoms with Gasteiger partial charge in [0.1, 0.15) is 0 Å². The standard InChI is InChI=1S/C15H21NO2/c1-18-15(17)13-9-7-12(8-10-13)14(16)11-5-3-2-4-6-11/h7-11,14H,2-6,16H2,1H3/t14-/m0/s1. The van der Waals surface area contributed by atoms with Crippen LogP contribution in [0.5, 0.6) is 0 Å². The molecule has 0 saturated heterocycles. The second kappa shape index (κ2) is 6.01. The summed E-state index contributed by atoms with van der Waals surface area (Å²) in [7, 11) is 1.39. The van der Waals surface area contributed by atoms with Crippen LogP contribution in [0.4, 0.5) is 0 Å². The lowest BCUT2D eigenvalue weighted by Gasteiger charge is -2.27. The van der Waals surface area contributed by atoms with Crippen molar-refractivity contribution >= 4 is 5.97 Å². The molecule has 0 unspecified atom stereocenters. The lowest BCUT2D eigenvalue weighted by Crippen LogP contribution is -2.23. The van der Waals surface area contributed by atoms with Crippen molar-refractivity contribution in [3.05, 3.63) is 35.4 Å². The van der Waals surface area contributed by atoms with E-state index in [-0.39, 0.29) is 12.0 Å². The van der Waals surface area contributed by atoms with Crippen LogP contribution in [-0.2, 0) is 4.74 Å². The largest absolute Gasteiger partial charge is 0.465 e. The summed E-state index contributed by atoms with van der Waals surface area (Å²) in [4.78, 5) is 11.3. The fraction of sp³-hybridized carbons (Fsp3) is 0.533. The molecule has 18 heavy (non-hydrogen) atoms. The zero-order valence-corrected chi connectivity index (χ0v) is 10.9. The van der Waals surface area contributed by atoms with Gasteiger partial charge < -0.3 is 10.5 Å². The molecule has 1 aliphatic rings. The molecule has 0 aromatic heterocycles. The molecule has 1 aromatic rings. The molecule has 1 saturated carbocycles. The Kier molecular flexibility index (Phi) is 4.37. The lowest BCUT2D eigenvalue weighted by atomic mass is 9.81. The third-order valence-corrected chi connectivity index (χ3v) is 3.87. The smallest absolute Gasteiger partial charge is 0.337 e. The Morgan fingerprint density at radius 3 is 2.39 bits per heavy atom. The molecule has 0 spiro atoms. The Balaban J connectivity index is 2.06. The van der Waals surface area contributed by atoms with E-state index >= 15 is 0 Å². The van der Waals surface area contributed by atoms with Crippen molar-refractivity contribution in [1.82, 2.24) is 0 Å². The summed E-state index contributed by atoms with van der Waals surface area (Å²) >= 11 is 0. The molecule has 3 nitrogen and oxygen atoms in total. The number of methoxy groups -OCH3 is 1. The Morgan fingerprint density at radius 1 is 1.22 bits per heavy atom. The van der Waals surface area contributed by atoms with Crippen molar-refractivity contribution in [3.8, 4) is 0 Å². The van der Waals surface area contributed by atoms with Gasteiger partial charge >= 0.3 is 5.97 Å². The summed E-state index contributed by atoms with van der Waals surface area (Å²) in [6, 6.07) is 7.59. The molecule has 0 heterocycles. The average Bonchev–Trinajstić information content (AvgIpc) is 2.47. The van der Waals surface area contributed by atoms with Crippen LogP contribution < -0.4 is 5.73 Å². The van der Waals surface area contributed by atoms with Crippen molar-refractivity contribution < 1.29 is 9.53 Å². The highest BCUT2D eigenvalue weighted by Crippen LogP contribution is 2.32. The number of esters is 1. The van der Waals surface area contributed by atoms with Crippen molar-refractivity contribution in [1.29, 1.82) is 0 Å². The third-order valence-electron chi connectivity index (χ3n) is 3.87. The van der Waals surface area contributed by atoms with E-state index in [1.807, 2.05) is 12.1 Å². The van der Waals surface area contributed by atoms with E-state index in [1.165, 1.54) is 39.2 Å². The van der Waals surface area contributed by atoms with E-state index in [9.17, 15) is 4.79 Å². The van der Waals surface area contributed by atoms with Crippen LogP contribution in [0.2, 0.25) is 0 Å². The molecule has 1 fully saturated rings. The third kappa shape index (κ3) is 2.91. The fourth-order valence-corrected chi connectivity index (χ4v) is 2.72. The van der Waals surface area contributed by atoms with E-state index in [2.05, 4.69) is 4.74 Å². The molecule has 3 heteroatoms. The number of hydrogen-bond donors (Lipinski definition) is 1. The second-order valence-corrected chi connectivity index (χ2v) is 5.04. The maximum absolute atomic E-state index is 11.3. The maximum Gasteiger partial charge on any atom is 0.337 e. The van der Waals surface area contributed by atoms with Gasteiger partial charge in [-0.25, -0.2) is 4.79 Å². The second-order valence-electron chi connectivity index (χ2n) is 5.04. The Bertz CT molecular complexity index is 393. The summed E-state index contributed by atoms with van der Waals surface area (Å²) in [5.74, 6) is 0.288. The zero-order chi connectivity index (χ0) is 13.0. The van der Waals surface area contributed by atoms with Gasteiger partial charge in [0.25, 0.3) is 0 Å². The maximum atomic E-state index is 11.3. The minimum absolute atomic E-state index is 0.0944. The summed E-state index contributed by atoms with van der Waals surface area (Å²) in [5.41, 5.74) is 8.01. The van der Waals surface area contributed by atoms with E-state index < -0.39 is 0 Å². The molecule has 0 radical (unpaired) electrons. The number of nitrogens with two attached hydrogens (primary N) is 1. The molecule has 2 rings (SSSR count). The highest BCUT2D eigenvalue weighted by molar-refractivity contribution is 5.89. The van der Waals surface area contributed by atoms with Crippen LogP contribution in [0.25, 0.3) is 0 Å². The summed E-state index contributed by atoms with van der Waals surface area (Å²) in [5, 5.41) is 0. The van der Waals surface area contributed by atoms with E-state index in [1.54, 1.807) is 12.1 Å². The van der Waals surface area contributed by atoms with Crippen molar-refractivity contribution in [2.45, 2.75) is 38.1 Å². The molecule has 0 aliphatic heterocycles. The summed E-state index contributed by atoms with van der Waals surface area (Å²) in [6.07, 6.45) is 6.36. The van der Waals surface area contributed by atoms with Crippen LogP contribution in [0.1, 0.15) is 54.1 Å². The molecule has 2 N–H and O–H groups in total. The first-order chi connectivity index (χ1) is 8.72. The van der Waals surface area contributed by atoms with Crippen LogP contribution in [0, 0.1) is 5.92 Å². The van der Waals surface area contributed by atoms with Crippen LogP contribution in [0.3, 0.4) is 0 Å². The van der Waals surface area contributed by atoms with Gasteiger partial charge in [-0.3, -0.25) is 0 Å². The normalized spacial score (nSPS) is 18.3. The molecule has 0 amide bonds. The quantitative estimate of drug-likeness (QED) is 0.835. The molecule has 1 aliphatic carbocycles. The van der Waals surface area contributed by atoms with Gasteiger partial charge in [-0.15, -0.1) is 0 Å². The summed E-state index contributed by atoms with van der Waals surface area (Å²) in [6.45, 7) is 0. The molecule has 98 valence electrons. The molecule has 1 aromatic carbocycles. The van der Waals surface area contributed by atoms with Crippen molar-refractivity contribution in [2.75, 3.05) is 7.11 Å². The van der Waals surface area contributed by atoms with Gasteiger partial charge in [0, 0.05) is 6.04 Å². The van der Waals surface area contributed by atoms with Gasteiger partial charge in [-0.1, -0.05) is 31.4 Å². The monoisotopic (exact) mass is 247 g/mol. The van der Waals surface area contributed by atoms with Crippen molar-refractivity contribution in [3.63, 3.8) is 0 Å². The highest BCUT2D eigenvalue weighted by atomic mass is 16.5. The Labute approximate surface area is 108 Å². The predicted molar refractivity (Wildman–Crippen MR) is 71.3 cm³/mol. The van der Waals surface area contributed by atoms with Crippen LogP contribution in [-0.4, -0.2) is 13.1 Å². The van der Waals surface area contributed by atoms with Crippen LogP contribution >= 0.6 is 0 Å². The van der Waals surface area contributed by atoms with E-state index in [4.69, 9.17) is 5.73 Å². The number of ether oxygens (including phenoxy) is 1. The van der Waals surface area contributed by atoms with Gasteiger partial charge in [0.2, 0.25) is 0 Å². The van der Waals surface area contributed by atoms with Gasteiger partial charge in [-0.2, -0.15) is 0 Å². The van der Waals surface area contributed by atoms with E-state index in [0.717, 1.165) is 5.56 Å². The number of carbonyl (C=O) groups excluding carboxylic acids is 1. The first-order valence-corrected chi connectivity index (χ1v) is 6.66. The summed E-state index contributed by atoms with van der Waals surface area (Å²) < 4.78 is 4.68. The van der Waals surface area contributed by atoms with Crippen molar-refractivity contribution in [2.24, 2.45) is 11.7 Å². The fourth-order valence-electron chi connectivity index (χ4n) is 2.72. The lowest BCUT2D eigenvalue weighted by molar-refractivity contribution is 0.0600. The zero-order valence-electron chi connectivity index (χ0n) is 10.9. The number of rotatable bonds is 3. The van der Waals surface area contributed by atoms with Gasteiger partial charge in [0.05, 0.1) is 12.7 Å². The average molecular weight is 247 g/mol.